The molecule has 0 spiro atoms. The molecule has 4 heterocycles. The lowest BCUT2D eigenvalue weighted by Gasteiger charge is -2.34. The molecule has 10 nitrogen and oxygen atoms in total. The van der Waals surface area contributed by atoms with Crippen LogP contribution in [0, 0.1) is 5.82 Å². The van der Waals surface area contributed by atoms with Crippen LogP contribution < -0.4 is 9.47 Å². The predicted molar refractivity (Wildman–Crippen MR) is 120 cm³/mol. The molecular weight excluding hydrogens is 445 g/mol. The molecule has 3 aromatic rings. The number of likely N-dealkylation sites (tertiary alicyclic amines) is 1. The van der Waals surface area contributed by atoms with Crippen LogP contribution in [-0.4, -0.2) is 73.7 Å². The molecule has 1 saturated heterocycles. The van der Waals surface area contributed by atoms with E-state index in [1.807, 2.05) is 18.2 Å². The summed E-state index contributed by atoms with van der Waals surface area (Å²) in [5.41, 5.74) is 0.673. The van der Waals surface area contributed by atoms with Crippen molar-refractivity contribution in [3.8, 4) is 23.1 Å². The molecule has 0 unspecified atom stereocenters. The highest BCUT2D eigenvalue weighted by atomic mass is 19.1. The number of amides is 1. The molecule has 0 radical (unpaired) electrons. The summed E-state index contributed by atoms with van der Waals surface area (Å²) in [5.74, 6) is -1.32. The number of fused-ring (bicyclic) bond motifs is 1. The number of carbonyl (C=O) groups excluding carboxylic acids is 1. The first-order chi connectivity index (χ1) is 16.2. The second-order valence-electron chi connectivity index (χ2n) is 8.94. The van der Waals surface area contributed by atoms with Gasteiger partial charge in [-0.15, -0.1) is 0 Å². The van der Waals surface area contributed by atoms with Crippen molar-refractivity contribution >= 4 is 11.6 Å². The predicted octanol–water partition coefficient (Wildman–Crippen LogP) is 3.08. The Bertz CT molecular complexity index is 1160. The van der Waals surface area contributed by atoms with Gasteiger partial charge in [0.05, 0.1) is 30.4 Å². The molecule has 4 rings (SSSR count). The largest absolute Gasteiger partial charge is 0.473 e. The van der Waals surface area contributed by atoms with Gasteiger partial charge in [-0.1, -0.05) is 6.07 Å². The standard InChI is InChI=1S/C23H28FN5O5/c1-23(2,3)34-22(31)28-9-6-7-15(14-28)33-21-18(24)20(32-12-11-30)26-19(27-21)16-13-25-29-10-5-4-8-17(16)29/h4-5,8,10,13,15,30H,6-7,9,11-12,14H2,1-3H3/t15-/m1/s1. The maximum absolute atomic E-state index is 15.2. The molecule has 11 heteroatoms. The number of aliphatic hydroxyl groups excluding tert-OH is 1. The number of aliphatic hydroxyl groups is 1. The van der Waals surface area contributed by atoms with Crippen LogP contribution in [0.15, 0.2) is 30.6 Å². The Balaban J connectivity index is 1.62. The summed E-state index contributed by atoms with van der Waals surface area (Å²) in [6.45, 7) is 5.71. The molecule has 1 fully saturated rings. The molecule has 1 aliphatic heterocycles. The highest BCUT2D eigenvalue weighted by molar-refractivity contribution is 5.75. The van der Waals surface area contributed by atoms with Crippen LogP contribution in [0.1, 0.15) is 33.6 Å². The topological polar surface area (TPSA) is 111 Å². The van der Waals surface area contributed by atoms with Crippen LogP contribution in [0.2, 0.25) is 0 Å². The summed E-state index contributed by atoms with van der Waals surface area (Å²) in [5, 5.41) is 13.4. The zero-order chi connectivity index (χ0) is 24.3. The van der Waals surface area contributed by atoms with Gasteiger partial charge in [0.15, 0.2) is 5.82 Å². The van der Waals surface area contributed by atoms with E-state index < -0.39 is 23.6 Å². The molecule has 0 aromatic carbocycles. The number of hydrogen-bond donors (Lipinski definition) is 1. The minimum Gasteiger partial charge on any atom is -0.473 e. The normalized spacial score (nSPS) is 16.5. The average molecular weight is 474 g/mol. The van der Waals surface area contributed by atoms with Crippen LogP contribution >= 0.6 is 0 Å². The van der Waals surface area contributed by atoms with Crippen LogP contribution in [0.4, 0.5) is 9.18 Å². The second kappa shape index (κ2) is 9.80. The summed E-state index contributed by atoms with van der Waals surface area (Å²) >= 11 is 0. The van der Waals surface area contributed by atoms with E-state index in [2.05, 4.69) is 15.1 Å². The van der Waals surface area contributed by atoms with E-state index in [9.17, 15) is 4.79 Å². The fourth-order valence-corrected chi connectivity index (χ4v) is 3.63. The number of piperidine rings is 1. The van der Waals surface area contributed by atoms with Crippen molar-refractivity contribution in [3.05, 3.63) is 36.4 Å². The van der Waals surface area contributed by atoms with Crippen LogP contribution in [0.25, 0.3) is 16.9 Å². The smallest absolute Gasteiger partial charge is 0.410 e. The van der Waals surface area contributed by atoms with E-state index in [0.29, 0.717) is 24.9 Å². The van der Waals surface area contributed by atoms with Crippen molar-refractivity contribution in [3.63, 3.8) is 0 Å². The second-order valence-corrected chi connectivity index (χ2v) is 8.94. The van der Waals surface area contributed by atoms with Crippen molar-refractivity contribution in [2.45, 2.75) is 45.3 Å². The lowest BCUT2D eigenvalue weighted by Crippen LogP contribution is -2.46. The van der Waals surface area contributed by atoms with Crippen molar-refractivity contribution in [2.75, 3.05) is 26.3 Å². The van der Waals surface area contributed by atoms with E-state index in [-0.39, 0.29) is 37.3 Å². The molecule has 1 N–H and O–H groups in total. The lowest BCUT2D eigenvalue weighted by molar-refractivity contribution is 0.00664. The third-order valence-corrected chi connectivity index (χ3v) is 5.10. The Kier molecular flexibility index (Phi) is 6.82. The zero-order valence-corrected chi connectivity index (χ0v) is 19.4. The lowest BCUT2D eigenvalue weighted by atomic mass is 10.1. The number of halogens is 1. The van der Waals surface area contributed by atoms with Gasteiger partial charge >= 0.3 is 6.09 Å². The van der Waals surface area contributed by atoms with Crippen LogP contribution in [-0.2, 0) is 4.74 Å². The van der Waals surface area contributed by atoms with Gasteiger partial charge in [0.1, 0.15) is 18.3 Å². The van der Waals surface area contributed by atoms with Gasteiger partial charge in [0.25, 0.3) is 11.8 Å². The van der Waals surface area contributed by atoms with Gasteiger partial charge in [-0.25, -0.2) is 9.31 Å². The third-order valence-electron chi connectivity index (χ3n) is 5.10. The summed E-state index contributed by atoms with van der Waals surface area (Å²) in [6.07, 6.45) is 3.70. The highest BCUT2D eigenvalue weighted by Crippen LogP contribution is 2.31. The van der Waals surface area contributed by atoms with Gasteiger partial charge in [0.2, 0.25) is 5.82 Å². The Labute approximate surface area is 196 Å². The number of hydrogen-bond acceptors (Lipinski definition) is 8. The van der Waals surface area contributed by atoms with Crippen molar-refractivity contribution in [2.24, 2.45) is 0 Å². The summed E-state index contributed by atoms with van der Waals surface area (Å²) in [6, 6.07) is 5.51. The molecule has 0 saturated carbocycles. The summed E-state index contributed by atoms with van der Waals surface area (Å²) in [7, 11) is 0. The van der Waals surface area contributed by atoms with E-state index in [4.69, 9.17) is 19.3 Å². The SMILES string of the molecule is CC(C)(C)OC(=O)N1CCC[C@@H](Oc2nc(-c3cnn4ccccc34)nc(OCCO)c2F)C1. The van der Waals surface area contributed by atoms with Gasteiger partial charge in [0, 0.05) is 12.7 Å². The molecule has 182 valence electrons. The number of aromatic nitrogens is 4. The Hall–Kier alpha value is -3.47. The molecule has 0 bridgehead atoms. The van der Waals surface area contributed by atoms with Gasteiger partial charge < -0.3 is 24.2 Å². The fourth-order valence-electron chi connectivity index (χ4n) is 3.63. The number of carbonyl (C=O) groups is 1. The maximum Gasteiger partial charge on any atom is 0.410 e. The zero-order valence-electron chi connectivity index (χ0n) is 19.4. The minimum atomic E-state index is -0.872. The van der Waals surface area contributed by atoms with Crippen LogP contribution in [0.5, 0.6) is 11.8 Å². The fraction of sp³-hybridized carbons (Fsp3) is 0.478. The van der Waals surface area contributed by atoms with Gasteiger partial charge in [-0.2, -0.15) is 19.5 Å². The Morgan fingerprint density at radius 1 is 1.26 bits per heavy atom. The Morgan fingerprint density at radius 3 is 2.82 bits per heavy atom. The van der Waals surface area contributed by atoms with Gasteiger partial charge in [-0.3, -0.25) is 0 Å². The Morgan fingerprint density at radius 2 is 2.06 bits per heavy atom. The number of ether oxygens (including phenoxy) is 3. The number of pyridine rings is 1. The average Bonchev–Trinajstić information content (AvgIpc) is 3.23. The summed E-state index contributed by atoms with van der Waals surface area (Å²) in [4.78, 5) is 22.6. The first-order valence-corrected chi connectivity index (χ1v) is 11.1. The number of rotatable bonds is 6. The highest BCUT2D eigenvalue weighted by Gasteiger charge is 2.30. The third kappa shape index (κ3) is 5.36. The first kappa shape index (κ1) is 23.7. The monoisotopic (exact) mass is 473 g/mol. The van der Waals surface area contributed by atoms with Crippen molar-refractivity contribution in [1.29, 1.82) is 0 Å². The van der Waals surface area contributed by atoms with E-state index >= 15 is 4.39 Å². The molecule has 1 atom stereocenters. The van der Waals surface area contributed by atoms with E-state index in [0.717, 1.165) is 5.52 Å². The van der Waals surface area contributed by atoms with Crippen molar-refractivity contribution in [1.82, 2.24) is 24.5 Å². The molecular formula is C23H28FN5O5. The molecule has 3 aromatic heterocycles. The minimum absolute atomic E-state index is 0.141. The quantitative estimate of drug-likeness (QED) is 0.582. The molecule has 1 amide bonds. The van der Waals surface area contributed by atoms with Crippen molar-refractivity contribution < 1.29 is 28.5 Å². The molecule has 34 heavy (non-hydrogen) atoms. The number of nitrogens with zero attached hydrogens (tertiary/aromatic N) is 5. The molecule has 1 aliphatic rings. The first-order valence-electron chi connectivity index (χ1n) is 11.1. The van der Waals surface area contributed by atoms with Gasteiger partial charge in [-0.05, 0) is 45.7 Å². The van der Waals surface area contributed by atoms with E-state index in [1.54, 1.807) is 42.6 Å². The van der Waals surface area contributed by atoms with Crippen LogP contribution in [0.3, 0.4) is 0 Å². The molecule has 0 aliphatic carbocycles. The summed E-state index contributed by atoms with van der Waals surface area (Å²) < 4.78 is 33.5. The van der Waals surface area contributed by atoms with E-state index in [1.165, 1.54) is 0 Å². The maximum atomic E-state index is 15.2.